The molecule has 58 heavy (non-hydrogen) atoms. The number of thiophene rings is 1. The zero-order valence-electron chi connectivity index (χ0n) is 31.3. The summed E-state index contributed by atoms with van der Waals surface area (Å²) in [7, 11) is 0. The molecule has 0 aliphatic carbocycles. The summed E-state index contributed by atoms with van der Waals surface area (Å²) in [4.78, 5) is 0. The van der Waals surface area contributed by atoms with Gasteiger partial charge in [0.1, 0.15) is 0 Å². The molecule has 0 radical (unpaired) electrons. The second kappa shape index (κ2) is 12.1. The largest absolute Gasteiger partial charge is 0.309 e. The van der Waals surface area contributed by atoms with Gasteiger partial charge in [0.05, 0.1) is 33.1 Å². The van der Waals surface area contributed by atoms with Crippen molar-refractivity contribution >= 4 is 96.9 Å². The van der Waals surface area contributed by atoms with Crippen molar-refractivity contribution in [1.29, 1.82) is 0 Å². The predicted molar refractivity (Wildman–Crippen MR) is 248 cm³/mol. The summed E-state index contributed by atoms with van der Waals surface area (Å²) in [5, 5.41) is 10.2. The first-order chi connectivity index (χ1) is 28.8. The van der Waals surface area contributed by atoms with Crippen LogP contribution in [0.2, 0.25) is 0 Å². The maximum Gasteiger partial charge on any atom is 0.0562 e. The Morgan fingerprint density at radius 1 is 0.241 bits per heavy atom. The van der Waals surface area contributed by atoms with Crippen LogP contribution in [-0.4, -0.2) is 13.7 Å². The quantitative estimate of drug-likeness (QED) is 0.170. The molecule has 9 aromatic carbocycles. The van der Waals surface area contributed by atoms with E-state index in [0.29, 0.717) is 0 Å². The van der Waals surface area contributed by atoms with Gasteiger partial charge in [-0.15, -0.1) is 11.3 Å². The van der Waals surface area contributed by atoms with E-state index in [2.05, 4.69) is 214 Å². The zero-order valence-corrected chi connectivity index (χ0v) is 32.1. The van der Waals surface area contributed by atoms with Crippen molar-refractivity contribution in [2.75, 3.05) is 0 Å². The molecule has 0 N–H and O–H groups in total. The first kappa shape index (κ1) is 31.8. The van der Waals surface area contributed by atoms with Crippen molar-refractivity contribution in [1.82, 2.24) is 13.7 Å². The molecule has 13 rings (SSSR count). The van der Waals surface area contributed by atoms with E-state index >= 15 is 0 Å². The lowest BCUT2D eigenvalue weighted by Gasteiger charge is -2.10. The SMILES string of the molecule is c1ccc(-n2c3ccccc3c3cc4c(cc32)sc2ccc(-c3ccc5c(c3)c3cc6c7ccccc7n(-c7ccccc7)c6cc3n5-c3ccccc3)cc24)cc1. The first-order valence-corrected chi connectivity index (χ1v) is 20.7. The lowest BCUT2D eigenvalue weighted by molar-refractivity contribution is 1.16. The van der Waals surface area contributed by atoms with Crippen LogP contribution in [0, 0.1) is 0 Å². The molecule has 0 fully saturated rings. The molecular formula is C54H33N3S. The Balaban J connectivity index is 1.04. The fourth-order valence-corrected chi connectivity index (χ4v) is 10.7. The average Bonchev–Trinajstić information content (AvgIpc) is 4.01. The molecule has 0 atom stereocenters. The van der Waals surface area contributed by atoms with E-state index in [1.807, 2.05) is 11.3 Å². The third kappa shape index (κ3) is 4.49. The van der Waals surface area contributed by atoms with Crippen molar-refractivity contribution in [3.05, 3.63) is 200 Å². The number of fused-ring (bicyclic) bond motifs is 12. The second-order valence-electron chi connectivity index (χ2n) is 15.3. The minimum Gasteiger partial charge on any atom is -0.309 e. The summed E-state index contributed by atoms with van der Waals surface area (Å²) in [6.45, 7) is 0. The van der Waals surface area contributed by atoms with Gasteiger partial charge in [-0.25, -0.2) is 0 Å². The van der Waals surface area contributed by atoms with Crippen LogP contribution in [0.4, 0.5) is 0 Å². The third-order valence-corrected chi connectivity index (χ3v) is 13.3. The molecule has 4 aromatic heterocycles. The van der Waals surface area contributed by atoms with Gasteiger partial charge in [-0.05, 0) is 108 Å². The van der Waals surface area contributed by atoms with Gasteiger partial charge in [-0.1, -0.05) is 103 Å². The number of rotatable bonds is 4. The van der Waals surface area contributed by atoms with Crippen molar-refractivity contribution in [2.45, 2.75) is 0 Å². The van der Waals surface area contributed by atoms with Crippen molar-refractivity contribution < 1.29 is 0 Å². The monoisotopic (exact) mass is 755 g/mol. The van der Waals surface area contributed by atoms with Crippen LogP contribution >= 0.6 is 11.3 Å². The molecular weight excluding hydrogens is 723 g/mol. The summed E-state index contributed by atoms with van der Waals surface area (Å²) < 4.78 is 9.87. The lowest BCUT2D eigenvalue weighted by Crippen LogP contribution is -1.95. The highest BCUT2D eigenvalue weighted by Crippen LogP contribution is 2.44. The Morgan fingerprint density at radius 2 is 0.638 bits per heavy atom. The Labute approximate surface area is 337 Å². The molecule has 0 unspecified atom stereocenters. The molecule has 13 aromatic rings. The van der Waals surface area contributed by atoms with Crippen LogP contribution in [0.25, 0.3) is 114 Å². The van der Waals surface area contributed by atoms with Crippen LogP contribution in [0.15, 0.2) is 200 Å². The van der Waals surface area contributed by atoms with Crippen LogP contribution in [0.3, 0.4) is 0 Å². The molecule has 0 saturated heterocycles. The molecule has 4 heterocycles. The molecule has 3 nitrogen and oxygen atoms in total. The van der Waals surface area contributed by atoms with E-state index in [-0.39, 0.29) is 0 Å². The lowest BCUT2D eigenvalue weighted by atomic mass is 10.00. The van der Waals surface area contributed by atoms with Crippen molar-refractivity contribution in [2.24, 2.45) is 0 Å². The number of benzene rings is 9. The maximum absolute atomic E-state index is 2.44. The van der Waals surface area contributed by atoms with E-state index < -0.39 is 0 Å². The van der Waals surface area contributed by atoms with Crippen LogP contribution in [0.5, 0.6) is 0 Å². The minimum absolute atomic E-state index is 1.16. The predicted octanol–water partition coefficient (Wildman–Crippen LogP) is 15.0. The number of hydrogen-bond acceptors (Lipinski definition) is 1. The molecule has 0 aliphatic heterocycles. The normalized spacial score (nSPS) is 12.1. The summed E-state index contributed by atoms with van der Waals surface area (Å²) in [5.74, 6) is 0. The van der Waals surface area contributed by atoms with E-state index in [1.165, 1.54) is 102 Å². The van der Waals surface area contributed by atoms with Gasteiger partial charge in [0.15, 0.2) is 0 Å². The number of hydrogen-bond donors (Lipinski definition) is 0. The Morgan fingerprint density at radius 3 is 1.21 bits per heavy atom. The Hall–Kier alpha value is -7.40. The molecule has 4 heteroatoms. The summed E-state index contributed by atoms with van der Waals surface area (Å²) in [6, 6.07) is 73.6. The molecule has 270 valence electrons. The van der Waals surface area contributed by atoms with Gasteiger partial charge in [0, 0.05) is 69.6 Å². The van der Waals surface area contributed by atoms with Gasteiger partial charge in [0.25, 0.3) is 0 Å². The highest BCUT2D eigenvalue weighted by atomic mass is 32.1. The van der Waals surface area contributed by atoms with Gasteiger partial charge in [-0.2, -0.15) is 0 Å². The highest BCUT2D eigenvalue weighted by Gasteiger charge is 2.20. The van der Waals surface area contributed by atoms with E-state index in [4.69, 9.17) is 0 Å². The van der Waals surface area contributed by atoms with Crippen LogP contribution < -0.4 is 0 Å². The molecule has 0 amide bonds. The first-order valence-electron chi connectivity index (χ1n) is 19.8. The molecule has 0 bridgehead atoms. The van der Waals surface area contributed by atoms with E-state index in [9.17, 15) is 0 Å². The Bertz CT molecular complexity index is 3770. The zero-order chi connectivity index (χ0) is 37.9. The van der Waals surface area contributed by atoms with Crippen LogP contribution in [0.1, 0.15) is 0 Å². The average molecular weight is 756 g/mol. The maximum atomic E-state index is 2.44. The van der Waals surface area contributed by atoms with Crippen molar-refractivity contribution in [3.8, 4) is 28.2 Å². The van der Waals surface area contributed by atoms with Gasteiger partial charge >= 0.3 is 0 Å². The molecule has 0 saturated carbocycles. The molecule has 0 spiro atoms. The Kier molecular flexibility index (Phi) is 6.60. The van der Waals surface area contributed by atoms with Crippen molar-refractivity contribution in [3.63, 3.8) is 0 Å². The summed E-state index contributed by atoms with van der Waals surface area (Å²) >= 11 is 1.88. The molecule has 0 aliphatic rings. The third-order valence-electron chi connectivity index (χ3n) is 12.2. The number of aromatic nitrogens is 3. The van der Waals surface area contributed by atoms with Gasteiger partial charge in [-0.3, -0.25) is 0 Å². The summed E-state index contributed by atoms with van der Waals surface area (Å²) in [6.07, 6.45) is 0. The number of para-hydroxylation sites is 5. The fraction of sp³-hybridized carbons (Fsp3) is 0. The summed E-state index contributed by atoms with van der Waals surface area (Å²) in [5.41, 5.74) is 13.2. The topological polar surface area (TPSA) is 14.8 Å². The van der Waals surface area contributed by atoms with E-state index in [1.54, 1.807) is 0 Å². The standard InChI is InChI=1S/C54H33N3S/c1-4-14-36(15-5-1)55-47-22-12-10-20-39(47)42-30-44-41-28-34(24-26-49(41)57(51(44)32-50(42)55)38-18-8-3-9-19-38)35-25-27-53-45(29-35)46-31-43-40-21-11-13-23-48(40)56(37-16-6-2-7-17-37)52(43)33-54(46)58-53/h1-33H. The van der Waals surface area contributed by atoms with Gasteiger partial charge < -0.3 is 13.7 Å². The smallest absolute Gasteiger partial charge is 0.0562 e. The van der Waals surface area contributed by atoms with E-state index in [0.717, 1.165) is 11.4 Å². The second-order valence-corrected chi connectivity index (χ2v) is 16.4. The highest BCUT2D eigenvalue weighted by molar-refractivity contribution is 7.25. The van der Waals surface area contributed by atoms with Crippen LogP contribution in [-0.2, 0) is 0 Å². The minimum atomic E-state index is 1.16. The van der Waals surface area contributed by atoms with Gasteiger partial charge in [0.2, 0.25) is 0 Å². The fourth-order valence-electron chi connectivity index (χ4n) is 9.65. The number of nitrogens with zero attached hydrogens (tertiary/aromatic N) is 3.